The quantitative estimate of drug-likeness (QED) is 0.744. The lowest BCUT2D eigenvalue weighted by Crippen LogP contribution is -2.60. The summed E-state index contributed by atoms with van der Waals surface area (Å²) in [5.41, 5.74) is 3.24. The largest absolute Gasteiger partial charge is 0.497 e. The molecule has 1 aromatic rings. The molecule has 3 heteroatoms. The van der Waals surface area contributed by atoms with E-state index in [-0.39, 0.29) is 5.41 Å². The maximum atomic E-state index is 9.53. The van der Waals surface area contributed by atoms with Crippen LogP contribution in [0.3, 0.4) is 0 Å². The number of benzene rings is 1. The molecule has 0 N–H and O–H groups in total. The second-order valence-electron chi connectivity index (χ2n) is 7.49. The zero-order valence-electron chi connectivity index (χ0n) is 13.5. The first-order valence-electron chi connectivity index (χ1n) is 8.52. The van der Waals surface area contributed by atoms with Crippen LogP contribution in [0.15, 0.2) is 18.2 Å². The molecule has 0 spiro atoms. The first kappa shape index (κ1) is 13.9. The molecule has 1 saturated heterocycles. The maximum Gasteiger partial charge on any atom is 0.179 e. The molecular formula is C19H24N2O. The smallest absolute Gasteiger partial charge is 0.179 e. The lowest BCUT2D eigenvalue weighted by Gasteiger charge is -2.59. The van der Waals surface area contributed by atoms with Crippen LogP contribution < -0.4 is 4.74 Å². The molecule has 2 bridgehead atoms. The van der Waals surface area contributed by atoms with Gasteiger partial charge in [-0.2, -0.15) is 5.26 Å². The molecule has 4 atom stereocenters. The van der Waals surface area contributed by atoms with E-state index in [0.29, 0.717) is 12.0 Å². The highest BCUT2D eigenvalue weighted by atomic mass is 16.5. The van der Waals surface area contributed by atoms with Crippen LogP contribution in [0.4, 0.5) is 0 Å². The number of fused-ring (bicyclic) bond motifs is 1. The first-order valence-corrected chi connectivity index (χ1v) is 8.52. The van der Waals surface area contributed by atoms with Crippen molar-refractivity contribution in [1.82, 2.24) is 4.90 Å². The predicted molar refractivity (Wildman–Crippen MR) is 85.6 cm³/mol. The summed E-state index contributed by atoms with van der Waals surface area (Å²) in [6.07, 6.45) is 8.44. The molecule has 3 aliphatic rings. The minimum atomic E-state index is 0.276. The maximum absolute atomic E-state index is 9.53. The van der Waals surface area contributed by atoms with Crippen LogP contribution >= 0.6 is 0 Å². The molecule has 2 aliphatic carbocycles. The van der Waals surface area contributed by atoms with E-state index in [2.05, 4.69) is 36.2 Å². The molecule has 0 aromatic heterocycles. The van der Waals surface area contributed by atoms with Gasteiger partial charge in [-0.25, -0.2) is 0 Å². The molecule has 22 heavy (non-hydrogen) atoms. The summed E-state index contributed by atoms with van der Waals surface area (Å²) in [6.45, 7) is 3.31. The number of rotatable bonds is 1. The number of piperidine rings is 1. The van der Waals surface area contributed by atoms with Gasteiger partial charge in [0.05, 0.1) is 7.11 Å². The fourth-order valence-corrected chi connectivity index (χ4v) is 5.54. The van der Waals surface area contributed by atoms with Gasteiger partial charge in [-0.3, -0.25) is 0 Å². The fourth-order valence-electron chi connectivity index (χ4n) is 5.54. The van der Waals surface area contributed by atoms with E-state index in [1.807, 2.05) is 0 Å². The Morgan fingerprint density at radius 1 is 1.36 bits per heavy atom. The van der Waals surface area contributed by atoms with Crippen molar-refractivity contribution in [2.75, 3.05) is 13.7 Å². The van der Waals surface area contributed by atoms with E-state index in [1.165, 1.54) is 30.4 Å². The Kier molecular flexibility index (Phi) is 3.11. The van der Waals surface area contributed by atoms with Gasteiger partial charge in [0.2, 0.25) is 0 Å². The first-order chi connectivity index (χ1) is 10.7. The Balaban J connectivity index is 1.87. The number of likely N-dealkylation sites (tertiary alicyclic amines) is 1. The van der Waals surface area contributed by atoms with E-state index >= 15 is 0 Å². The monoisotopic (exact) mass is 296 g/mol. The van der Waals surface area contributed by atoms with Crippen molar-refractivity contribution in [2.24, 2.45) is 11.8 Å². The highest BCUT2D eigenvalue weighted by Crippen LogP contribution is 2.57. The van der Waals surface area contributed by atoms with Gasteiger partial charge in [0.1, 0.15) is 5.75 Å². The molecule has 2 fully saturated rings. The van der Waals surface area contributed by atoms with Crippen LogP contribution in [-0.2, 0) is 11.8 Å². The zero-order valence-corrected chi connectivity index (χ0v) is 13.5. The van der Waals surface area contributed by atoms with Crippen LogP contribution in [0, 0.1) is 23.3 Å². The van der Waals surface area contributed by atoms with Gasteiger partial charge in [-0.15, -0.1) is 0 Å². The van der Waals surface area contributed by atoms with Crippen molar-refractivity contribution in [2.45, 2.75) is 50.5 Å². The van der Waals surface area contributed by atoms with Gasteiger partial charge in [0, 0.05) is 18.0 Å². The van der Waals surface area contributed by atoms with Gasteiger partial charge in [0.15, 0.2) is 6.19 Å². The van der Waals surface area contributed by atoms with E-state index in [9.17, 15) is 5.26 Å². The van der Waals surface area contributed by atoms with Crippen LogP contribution in [0.2, 0.25) is 0 Å². The molecule has 0 amide bonds. The summed E-state index contributed by atoms with van der Waals surface area (Å²) >= 11 is 0. The number of methoxy groups -OCH3 is 1. The molecule has 0 radical (unpaired) electrons. The number of ether oxygens (including phenoxy) is 1. The zero-order chi connectivity index (χ0) is 15.3. The normalized spacial score (nSPS) is 36.0. The molecular weight excluding hydrogens is 272 g/mol. The third-order valence-corrected chi connectivity index (χ3v) is 6.47. The topological polar surface area (TPSA) is 36.3 Å². The van der Waals surface area contributed by atoms with Crippen molar-refractivity contribution < 1.29 is 4.74 Å². The number of nitriles is 1. The van der Waals surface area contributed by atoms with Crippen molar-refractivity contribution in [3.05, 3.63) is 29.3 Å². The minimum Gasteiger partial charge on any atom is -0.497 e. The van der Waals surface area contributed by atoms with E-state index < -0.39 is 0 Å². The highest BCUT2D eigenvalue weighted by Gasteiger charge is 2.55. The minimum absolute atomic E-state index is 0.276. The van der Waals surface area contributed by atoms with Gasteiger partial charge < -0.3 is 9.64 Å². The summed E-state index contributed by atoms with van der Waals surface area (Å²) in [5, 5.41) is 9.53. The second kappa shape index (κ2) is 4.91. The number of hydrogen-bond acceptors (Lipinski definition) is 3. The van der Waals surface area contributed by atoms with E-state index in [0.717, 1.165) is 31.1 Å². The molecule has 1 aromatic carbocycles. The Labute approximate surface area is 132 Å². The van der Waals surface area contributed by atoms with Crippen LogP contribution in [0.25, 0.3) is 0 Å². The summed E-state index contributed by atoms with van der Waals surface area (Å²) in [6, 6.07) is 7.01. The molecule has 4 rings (SSSR count). The molecule has 0 unspecified atom stereocenters. The lowest BCUT2D eigenvalue weighted by molar-refractivity contribution is 0.00268. The summed E-state index contributed by atoms with van der Waals surface area (Å²) < 4.78 is 5.50. The van der Waals surface area contributed by atoms with Crippen molar-refractivity contribution in [1.29, 1.82) is 5.26 Å². The van der Waals surface area contributed by atoms with Crippen molar-refractivity contribution in [3.8, 4) is 11.9 Å². The highest BCUT2D eigenvalue weighted by molar-refractivity contribution is 5.46. The predicted octanol–water partition coefficient (Wildman–Crippen LogP) is 3.48. The van der Waals surface area contributed by atoms with Crippen molar-refractivity contribution in [3.63, 3.8) is 0 Å². The Morgan fingerprint density at radius 3 is 3.00 bits per heavy atom. The molecule has 116 valence electrons. The van der Waals surface area contributed by atoms with Crippen LogP contribution in [0.1, 0.15) is 43.7 Å². The Hall–Kier alpha value is -1.69. The van der Waals surface area contributed by atoms with Gasteiger partial charge >= 0.3 is 0 Å². The van der Waals surface area contributed by atoms with E-state index in [1.54, 1.807) is 7.11 Å². The van der Waals surface area contributed by atoms with Crippen molar-refractivity contribution >= 4 is 0 Å². The Morgan fingerprint density at radius 2 is 2.23 bits per heavy atom. The average Bonchev–Trinajstić information content (AvgIpc) is 2.54. The van der Waals surface area contributed by atoms with Gasteiger partial charge in [-0.1, -0.05) is 19.4 Å². The lowest BCUT2D eigenvalue weighted by atomic mass is 9.51. The fraction of sp³-hybridized carbons (Fsp3) is 0.632. The molecule has 3 nitrogen and oxygen atoms in total. The third-order valence-electron chi connectivity index (χ3n) is 6.47. The molecule has 1 heterocycles. The molecule has 1 saturated carbocycles. The van der Waals surface area contributed by atoms with E-state index in [4.69, 9.17) is 4.74 Å². The standard InChI is InChI=1S/C19H24N2O/c1-13-3-6-16-18-9-14-4-5-15(22-2)10-17(14)19(16,11-13)7-8-21(18)12-20/h4-5,10,13,16,18H,3,6-9,11H2,1-2H3/t13-,16-,18+,19-/m0/s1. The summed E-state index contributed by atoms with van der Waals surface area (Å²) in [5.74, 6) is 2.39. The second-order valence-corrected chi connectivity index (χ2v) is 7.49. The summed E-state index contributed by atoms with van der Waals surface area (Å²) in [7, 11) is 1.75. The summed E-state index contributed by atoms with van der Waals surface area (Å²) in [4.78, 5) is 2.06. The number of nitrogens with zero attached hydrogens (tertiary/aromatic N) is 2. The molecule has 1 aliphatic heterocycles. The van der Waals surface area contributed by atoms with Gasteiger partial charge in [-0.05, 0) is 60.8 Å². The van der Waals surface area contributed by atoms with Gasteiger partial charge in [0.25, 0.3) is 0 Å². The number of hydrogen-bond donors (Lipinski definition) is 0. The SMILES string of the molecule is COc1ccc2c(c1)[C@]13CCN(C#N)[C@H](C2)[C@@H]1CC[C@H](C)C3. The third kappa shape index (κ3) is 1.79. The van der Waals surface area contributed by atoms with Crippen LogP contribution in [-0.4, -0.2) is 24.6 Å². The van der Waals surface area contributed by atoms with Crippen LogP contribution in [0.5, 0.6) is 5.75 Å². The Bertz CT molecular complexity index is 635. The average molecular weight is 296 g/mol.